The van der Waals surface area contributed by atoms with Crippen LogP contribution >= 0.6 is 11.6 Å². The van der Waals surface area contributed by atoms with Gasteiger partial charge in [-0.1, -0.05) is 11.6 Å². The van der Waals surface area contributed by atoms with Crippen molar-refractivity contribution in [2.45, 2.75) is 37.8 Å². The molecule has 8 heteroatoms. The zero-order valence-electron chi connectivity index (χ0n) is 15.9. The van der Waals surface area contributed by atoms with Crippen LogP contribution in [0.5, 0.6) is 5.75 Å². The van der Waals surface area contributed by atoms with Crippen molar-refractivity contribution in [1.82, 2.24) is 4.57 Å². The molecule has 1 N–H and O–H groups in total. The number of nitriles is 1. The molecule has 1 fully saturated rings. The summed E-state index contributed by atoms with van der Waals surface area (Å²) in [6, 6.07) is 6.99. The summed E-state index contributed by atoms with van der Waals surface area (Å²) in [4.78, 5) is 24.7. The fourth-order valence-corrected chi connectivity index (χ4v) is 3.73. The number of hydrogen-bond acceptors (Lipinski definition) is 5. The molecule has 3 rings (SSSR count). The van der Waals surface area contributed by atoms with E-state index in [4.69, 9.17) is 21.1 Å². The molecule has 2 unspecified atom stereocenters. The lowest BCUT2D eigenvalue weighted by molar-refractivity contribution is -0.142. The number of benzene rings is 1. The molecule has 0 amide bonds. The zero-order chi connectivity index (χ0) is 21.0. The molecule has 1 aromatic heterocycles. The smallest absolute Gasteiger partial charge is 0.326 e. The molecule has 7 nitrogen and oxygen atoms in total. The first-order valence-electron chi connectivity index (χ1n) is 9.29. The Bertz CT molecular complexity index is 1010. The van der Waals surface area contributed by atoms with Gasteiger partial charge in [0.15, 0.2) is 0 Å². The van der Waals surface area contributed by atoms with Crippen LogP contribution in [0.3, 0.4) is 0 Å². The number of rotatable bonds is 6. The molecule has 2 aromatic rings. The van der Waals surface area contributed by atoms with Gasteiger partial charge in [0.2, 0.25) is 0 Å². The van der Waals surface area contributed by atoms with E-state index in [9.17, 15) is 20.0 Å². The Morgan fingerprint density at radius 3 is 2.83 bits per heavy atom. The number of methoxy groups -OCH3 is 1. The van der Waals surface area contributed by atoms with E-state index < -0.39 is 17.6 Å². The Kier molecular flexibility index (Phi) is 6.57. The molecule has 152 valence electrons. The quantitative estimate of drug-likeness (QED) is 0.771. The molecular formula is C21H21ClN2O5. The molecule has 1 saturated heterocycles. The third kappa shape index (κ3) is 4.61. The minimum Gasteiger partial charge on any atom is -0.495 e. The van der Waals surface area contributed by atoms with Crippen molar-refractivity contribution in [3.05, 3.63) is 51.4 Å². The monoisotopic (exact) mass is 416 g/mol. The van der Waals surface area contributed by atoms with Gasteiger partial charge in [-0.2, -0.15) is 5.26 Å². The minimum absolute atomic E-state index is 0.193. The molecule has 1 aliphatic rings. The highest BCUT2D eigenvalue weighted by atomic mass is 35.5. The van der Waals surface area contributed by atoms with Crippen LogP contribution in [0.1, 0.15) is 37.3 Å². The number of pyridine rings is 1. The summed E-state index contributed by atoms with van der Waals surface area (Å²) in [5.74, 6) is -0.837. The van der Waals surface area contributed by atoms with E-state index >= 15 is 0 Å². The standard InChI is InChI=1S/C21H21ClN2O5/c1-28-19-12-24(18(21(26)27)9-15-4-2-3-7-29-15)20(25)10-17(19)16-8-14(22)6-5-13(16)11-23/h5-6,8,10,12,15,18H,2-4,7,9H2,1H3,(H,26,27). The Morgan fingerprint density at radius 2 is 2.21 bits per heavy atom. The van der Waals surface area contributed by atoms with Crippen LogP contribution in [0.4, 0.5) is 0 Å². The van der Waals surface area contributed by atoms with Crippen molar-refractivity contribution >= 4 is 17.6 Å². The van der Waals surface area contributed by atoms with Crippen molar-refractivity contribution in [2.75, 3.05) is 13.7 Å². The second-order valence-electron chi connectivity index (χ2n) is 6.88. The highest BCUT2D eigenvalue weighted by molar-refractivity contribution is 6.31. The van der Waals surface area contributed by atoms with Crippen molar-refractivity contribution in [2.24, 2.45) is 0 Å². The van der Waals surface area contributed by atoms with Gasteiger partial charge in [0.1, 0.15) is 11.8 Å². The van der Waals surface area contributed by atoms with Gasteiger partial charge < -0.3 is 14.6 Å². The van der Waals surface area contributed by atoms with E-state index in [-0.39, 0.29) is 18.3 Å². The second kappa shape index (κ2) is 9.12. The first kappa shape index (κ1) is 20.9. The summed E-state index contributed by atoms with van der Waals surface area (Å²) in [6.07, 6.45) is 4.05. The van der Waals surface area contributed by atoms with E-state index in [2.05, 4.69) is 6.07 Å². The summed E-state index contributed by atoms with van der Waals surface area (Å²) in [5, 5.41) is 19.5. The maximum atomic E-state index is 12.8. The van der Waals surface area contributed by atoms with E-state index in [1.165, 1.54) is 19.4 Å². The van der Waals surface area contributed by atoms with Crippen LogP contribution in [-0.2, 0) is 9.53 Å². The third-order valence-electron chi connectivity index (χ3n) is 5.04. The average molecular weight is 417 g/mol. The maximum Gasteiger partial charge on any atom is 0.326 e. The summed E-state index contributed by atoms with van der Waals surface area (Å²) in [5.41, 5.74) is 0.651. The van der Waals surface area contributed by atoms with Crippen molar-refractivity contribution < 1.29 is 19.4 Å². The number of hydrogen-bond donors (Lipinski definition) is 1. The lowest BCUT2D eigenvalue weighted by Crippen LogP contribution is -2.33. The van der Waals surface area contributed by atoms with Crippen molar-refractivity contribution in [3.8, 4) is 22.9 Å². The third-order valence-corrected chi connectivity index (χ3v) is 5.27. The van der Waals surface area contributed by atoms with Gasteiger partial charge in [0.25, 0.3) is 5.56 Å². The lowest BCUT2D eigenvalue weighted by atomic mass is 9.99. The van der Waals surface area contributed by atoms with E-state index in [0.717, 1.165) is 23.8 Å². The molecule has 0 spiro atoms. The van der Waals surface area contributed by atoms with E-state index in [1.54, 1.807) is 18.2 Å². The fraction of sp³-hybridized carbons (Fsp3) is 0.381. The van der Waals surface area contributed by atoms with Gasteiger partial charge in [-0.3, -0.25) is 9.36 Å². The van der Waals surface area contributed by atoms with Gasteiger partial charge in [0, 0.05) is 35.2 Å². The van der Waals surface area contributed by atoms with Gasteiger partial charge in [-0.15, -0.1) is 0 Å². The number of ether oxygens (including phenoxy) is 2. The van der Waals surface area contributed by atoms with Gasteiger partial charge in [-0.05, 0) is 37.5 Å². The highest BCUT2D eigenvalue weighted by Gasteiger charge is 2.28. The topological polar surface area (TPSA) is 102 Å². The number of carbonyl (C=O) groups is 1. The Hall–Kier alpha value is -2.82. The highest BCUT2D eigenvalue weighted by Crippen LogP contribution is 2.34. The minimum atomic E-state index is -1.11. The summed E-state index contributed by atoms with van der Waals surface area (Å²) < 4.78 is 12.2. The van der Waals surface area contributed by atoms with Crippen LogP contribution in [0.2, 0.25) is 5.02 Å². The van der Waals surface area contributed by atoms with Crippen LogP contribution in [0.15, 0.2) is 35.3 Å². The second-order valence-corrected chi connectivity index (χ2v) is 7.32. The Balaban J connectivity index is 2.06. The van der Waals surface area contributed by atoms with Gasteiger partial charge in [-0.25, -0.2) is 4.79 Å². The van der Waals surface area contributed by atoms with Crippen molar-refractivity contribution in [3.63, 3.8) is 0 Å². The normalized spacial score (nSPS) is 17.3. The fourth-order valence-electron chi connectivity index (χ4n) is 3.56. The molecule has 0 bridgehead atoms. The maximum absolute atomic E-state index is 12.8. The number of halogens is 1. The van der Waals surface area contributed by atoms with Crippen LogP contribution in [-0.4, -0.2) is 35.5 Å². The molecule has 0 saturated carbocycles. The molecule has 2 atom stereocenters. The molecule has 2 heterocycles. The van der Waals surface area contributed by atoms with Crippen LogP contribution < -0.4 is 10.3 Å². The lowest BCUT2D eigenvalue weighted by Gasteiger charge is -2.26. The number of aliphatic carboxylic acids is 1. The Labute approximate surface area is 173 Å². The summed E-state index contributed by atoms with van der Waals surface area (Å²) in [6.45, 7) is 0.597. The van der Waals surface area contributed by atoms with E-state index in [1.807, 2.05) is 0 Å². The SMILES string of the molecule is COc1cn(C(CC2CCCCO2)C(=O)O)c(=O)cc1-c1cc(Cl)ccc1C#N. The summed E-state index contributed by atoms with van der Waals surface area (Å²) >= 11 is 6.07. The zero-order valence-corrected chi connectivity index (χ0v) is 16.7. The summed E-state index contributed by atoms with van der Waals surface area (Å²) in [7, 11) is 1.42. The number of carboxylic acid groups (broad SMARTS) is 1. The first-order chi connectivity index (χ1) is 13.9. The molecule has 1 aliphatic heterocycles. The Morgan fingerprint density at radius 1 is 1.41 bits per heavy atom. The van der Waals surface area contributed by atoms with Crippen LogP contribution in [0, 0.1) is 11.3 Å². The molecule has 1 aromatic carbocycles. The van der Waals surface area contributed by atoms with Crippen LogP contribution in [0.25, 0.3) is 11.1 Å². The number of nitrogens with zero attached hydrogens (tertiary/aromatic N) is 2. The number of carboxylic acids is 1. The number of aromatic nitrogens is 1. The molecule has 0 aliphatic carbocycles. The molecule has 29 heavy (non-hydrogen) atoms. The van der Waals surface area contributed by atoms with Crippen molar-refractivity contribution in [1.29, 1.82) is 5.26 Å². The van der Waals surface area contributed by atoms with Gasteiger partial charge >= 0.3 is 5.97 Å². The van der Waals surface area contributed by atoms with Gasteiger partial charge in [0.05, 0.1) is 31.0 Å². The van der Waals surface area contributed by atoms with E-state index in [0.29, 0.717) is 28.3 Å². The predicted octanol–water partition coefficient (Wildman–Crippen LogP) is 3.63. The largest absolute Gasteiger partial charge is 0.495 e. The first-order valence-corrected chi connectivity index (χ1v) is 9.67. The average Bonchev–Trinajstić information content (AvgIpc) is 2.72. The predicted molar refractivity (Wildman–Crippen MR) is 107 cm³/mol. The molecule has 0 radical (unpaired) electrons. The molecular weight excluding hydrogens is 396 g/mol.